The molecule has 1 aromatic rings. The zero-order valence-electron chi connectivity index (χ0n) is 14.2. The summed E-state index contributed by atoms with van der Waals surface area (Å²) in [5.74, 6) is 0.616. The van der Waals surface area contributed by atoms with Crippen LogP contribution < -0.4 is 5.32 Å². The third-order valence-corrected chi connectivity index (χ3v) is 5.06. The highest BCUT2D eigenvalue weighted by Gasteiger charge is 2.39. The van der Waals surface area contributed by atoms with Crippen molar-refractivity contribution in [2.45, 2.75) is 64.3 Å². The fourth-order valence-corrected chi connectivity index (χ4v) is 3.75. The second-order valence-electron chi connectivity index (χ2n) is 6.84. The Hall–Kier alpha value is -1.57. The molecule has 1 amide bonds. The first-order valence-electron chi connectivity index (χ1n) is 8.95. The first-order chi connectivity index (χ1) is 11.9. The number of rotatable bonds is 6. The monoisotopic (exact) mass is 359 g/mol. The number of aromatic nitrogens is 2. The number of carbonyl (C=O) groups excluding carboxylic acids is 1. The highest BCUT2D eigenvalue weighted by Crippen LogP contribution is 2.34. The molecule has 3 rings (SSSR count). The molecule has 0 aromatic carbocycles. The fourth-order valence-electron chi connectivity index (χ4n) is 3.75. The third-order valence-electron chi connectivity index (χ3n) is 5.06. The van der Waals surface area contributed by atoms with Gasteiger partial charge in [0.05, 0.1) is 19.8 Å². The van der Waals surface area contributed by atoms with E-state index in [0.717, 1.165) is 6.42 Å². The average Bonchev–Trinajstić information content (AvgIpc) is 3.20. The number of amides is 1. The van der Waals surface area contributed by atoms with Crippen LogP contribution in [0.3, 0.4) is 0 Å². The number of hydrogen-bond donors (Lipinski definition) is 1. The van der Waals surface area contributed by atoms with Crippen molar-refractivity contribution in [2.24, 2.45) is 5.92 Å². The van der Waals surface area contributed by atoms with Crippen molar-refractivity contribution in [3.05, 3.63) is 17.0 Å². The van der Waals surface area contributed by atoms with E-state index in [1.807, 2.05) is 0 Å². The highest BCUT2D eigenvalue weighted by molar-refractivity contribution is 5.75. The molecule has 0 saturated heterocycles. The van der Waals surface area contributed by atoms with Crippen molar-refractivity contribution in [1.82, 2.24) is 15.1 Å². The number of fused-ring (bicyclic) bond motifs is 1. The standard InChI is InChI=1S/C17H24F3N3O2/c18-17(19,20)16-13-11-25-10-7-14(13)23(22-16)9-8-21-15(24)6-5-12-3-1-2-4-12/h12H,1-11H2,(H,21,24). The summed E-state index contributed by atoms with van der Waals surface area (Å²) < 4.78 is 45.8. The van der Waals surface area contributed by atoms with Gasteiger partial charge in [0.15, 0.2) is 5.69 Å². The Bertz CT molecular complexity index is 607. The highest BCUT2D eigenvalue weighted by atomic mass is 19.4. The Kier molecular flexibility index (Phi) is 5.66. The zero-order chi connectivity index (χ0) is 17.9. The first kappa shape index (κ1) is 18.2. The molecule has 0 atom stereocenters. The SMILES string of the molecule is O=C(CCC1CCCC1)NCCn1nc(C(F)(F)F)c2c1CCOC2. The predicted molar refractivity (Wildman–Crippen MR) is 84.8 cm³/mol. The van der Waals surface area contributed by atoms with Crippen molar-refractivity contribution < 1.29 is 22.7 Å². The molecule has 8 heteroatoms. The van der Waals surface area contributed by atoms with Gasteiger partial charge >= 0.3 is 6.18 Å². The van der Waals surface area contributed by atoms with Gasteiger partial charge < -0.3 is 10.1 Å². The molecule has 1 saturated carbocycles. The molecule has 1 aliphatic carbocycles. The van der Waals surface area contributed by atoms with E-state index in [1.54, 1.807) is 0 Å². The first-order valence-corrected chi connectivity index (χ1v) is 8.95. The minimum atomic E-state index is -4.49. The number of hydrogen-bond acceptors (Lipinski definition) is 3. The molecule has 0 bridgehead atoms. The van der Waals surface area contributed by atoms with Crippen LogP contribution in [0.5, 0.6) is 0 Å². The summed E-state index contributed by atoms with van der Waals surface area (Å²) in [5.41, 5.74) is -0.167. The summed E-state index contributed by atoms with van der Waals surface area (Å²) in [7, 11) is 0. The van der Waals surface area contributed by atoms with E-state index in [0.29, 0.717) is 31.1 Å². The van der Waals surface area contributed by atoms with Crippen LogP contribution in [0.1, 0.15) is 55.5 Å². The van der Waals surface area contributed by atoms with E-state index in [-0.39, 0.29) is 31.2 Å². The van der Waals surface area contributed by atoms with Gasteiger partial charge in [0.2, 0.25) is 5.91 Å². The third kappa shape index (κ3) is 4.54. The summed E-state index contributed by atoms with van der Waals surface area (Å²) in [5, 5.41) is 6.53. The average molecular weight is 359 g/mol. The molecule has 0 radical (unpaired) electrons. The lowest BCUT2D eigenvalue weighted by molar-refractivity contribution is -0.142. The Morgan fingerprint density at radius 1 is 1.32 bits per heavy atom. The Balaban J connectivity index is 1.52. The van der Waals surface area contributed by atoms with Crippen LogP contribution in [0, 0.1) is 5.92 Å². The molecule has 2 aliphatic rings. The van der Waals surface area contributed by atoms with Gasteiger partial charge in [-0.25, -0.2) is 0 Å². The van der Waals surface area contributed by atoms with Crippen LogP contribution in [0.4, 0.5) is 13.2 Å². The minimum Gasteiger partial charge on any atom is -0.376 e. The van der Waals surface area contributed by atoms with Crippen LogP contribution in [0.25, 0.3) is 0 Å². The van der Waals surface area contributed by atoms with E-state index < -0.39 is 11.9 Å². The summed E-state index contributed by atoms with van der Waals surface area (Å²) in [6.45, 7) is 0.866. The molecule has 0 unspecified atom stereocenters. The van der Waals surface area contributed by atoms with Gasteiger partial charge in [-0.2, -0.15) is 18.3 Å². The van der Waals surface area contributed by atoms with Gasteiger partial charge in [-0.05, 0) is 12.3 Å². The molecule has 1 N–H and O–H groups in total. The van der Waals surface area contributed by atoms with Crippen LogP contribution >= 0.6 is 0 Å². The summed E-state index contributed by atoms with van der Waals surface area (Å²) >= 11 is 0. The van der Waals surface area contributed by atoms with E-state index in [1.165, 1.54) is 30.4 Å². The quantitative estimate of drug-likeness (QED) is 0.849. The molecule has 2 heterocycles. The van der Waals surface area contributed by atoms with Crippen molar-refractivity contribution in [3.63, 3.8) is 0 Å². The second-order valence-corrected chi connectivity index (χ2v) is 6.84. The number of nitrogens with zero attached hydrogens (tertiary/aromatic N) is 2. The molecule has 0 spiro atoms. The minimum absolute atomic E-state index is 0.0349. The fraction of sp³-hybridized carbons (Fsp3) is 0.765. The maximum atomic E-state index is 13.1. The molecular formula is C17H24F3N3O2. The molecule has 25 heavy (non-hydrogen) atoms. The number of alkyl halides is 3. The Morgan fingerprint density at radius 2 is 2.08 bits per heavy atom. The lowest BCUT2D eigenvalue weighted by atomic mass is 10.0. The Morgan fingerprint density at radius 3 is 2.80 bits per heavy atom. The van der Waals surface area contributed by atoms with E-state index in [4.69, 9.17) is 4.74 Å². The summed E-state index contributed by atoms with van der Waals surface area (Å²) in [6.07, 6.45) is 2.23. The molecular weight excluding hydrogens is 335 g/mol. The molecule has 1 aromatic heterocycles. The number of nitrogens with one attached hydrogen (secondary N) is 1. The normalized spacial score (nSPS) is 18.4. The molecule has 140 valence electrons. The van der Waals surface area contributed by atoms with Crippen LogP contribution in [-0.2, 0) is 35.3 Å². The summed E-state index contributed by atoms with van der Waals surface area (Å²) in [6, 6.07) is 0. The smallest absolute Gasteiger partial charge is 0.376 e. The molecule has 5 nitrogen and oxygen atoms in total. The number of ether oxygens (including phenoxy) is 1. The van der Waals surface area contributed by atoms with Gasteiger partial charge in [-0.3, -0.25) is 9.48 Å². The number of halogens is 3. The van der Waals surface area contributed by atoms with Gasteiger partial charge in [-0.15, -0.1) is 0 Å². The summed E-state index contributed by atoms with van der Waals surface area (Å²) in [4.78, 5) is 11.9. The van der Waals surface area contributed by atoms with Crippen LogP contribution in [-0.4, -0.2) is 28.8 Å². The number of carbonyl (C=O) groups is 1. The van der Waals surface area contributed by atoms with Gasteiger partial charge in [0, 0.05) is 30.6 Å². The maximum absolute atomic E-state index is 13.1. The lowest BCUT2D eigenvalue weighted by Gasteiger charge is -2.15. The zero-order valence-corrected chi connectivity index (χ0v) is 14.2. The van der Waals surface area contributed by atoms with Crippen molar-refractivity contribution in [3.8, 4) is 0 Å². The van der Waals surface area contributed by atoms with E-state index >= 15 is 0 Å². The Labute approximate surface area is 144 Å². The van der Waals surface area contributed by atoms with Crippen molar-refractivity contribution in [2.75, 3.05) is 13.2 Å². The van der Waals surface area contributed by atoms with Crippen molar-refractivity contribution in [1.29, 1.82) is 0 Å². The maximum Gasteiger partial charge on any atom is 0.435 e. The van der Waals surface area contributed by atoms with Gasteiger partial charge in [0.25, 0.3) is 0 Å². The van der Waals surface area contributed by atoms with Crippen molar-refractivity contribution >= 4 is 5.91 Å². The largest absolute Gasteiger partial charge is 0.435 e. The topological polar surface area (TPSA) is 56.2 Å². The second kappa shape index (κ2) is 7.76. The molecule has 1 fully saturated rings. The van der Waals surface area contributed by atoms with Crippen LogP contribution in [0.2, 0.25) is 0 Å². The predicted octanol–water partition coefficient (Wildman–Crippen LogP) is 3.06. The van der Waals surface area contributed by atoms with E-state index in [9.17, 15) is 18.0 Å². The van der Waals surface area contributed by atoms with Crippen LogP contribution in [0.15, 0.2) is 0 Å². The molecule has 1 aliphatic heterocycles. The van der Waals surface area contributed by atoms with Gasteiger partial charge in [0.1, 0.15) is 0 Å². The van der Waals surface area contributed by atoms with E-state index in [2.05, 4.69) is 10.4 Å². The van der Waals surface area contributed by atoms with Gasteiger partial charge in [-0.1, -0.05) is 25.7 Å². The lowest BCUT2D eigenvalue weighted by Crippen LogP contribution is -2.28.